The number of likely N-dealkylation sites (tertiary alicyclic amines) is 1. The highest BCUT2D eigenvalue weighted by Gasteiger charge is 2.44. The topological polar surface area (TPSA) is 70.1 Å². The minimum atomic E-state index is -0.976. The van der Waals surface area contributed by atoms with Gasteiger partial charge in [0.15, 0.2) is 0 Å². The molecule has 1 amide bonds. The van der Waals surface area contributed by atoms with Crippen LogP contribution >= 0.6 is 0 Å². The van der Waals surface area contributed by atoms with E-state index in [0.29, 0.717) is 13.0 Å². The lowest BCUT2D eigenvalue weighted by Crippen LogP contribution is -2.44. The van der Waals surface area contributed by atoms with Gasteiger partial charge in [-0.2, -0.15) is 0 Å². The zero-order valence-corrected chi connectivity index (χ0v) is 14.4. The SMILES string of the molecule is CC(C)(C)OC(=O)N1C[C@@H](N2CCc3ccccc32)C[C@H]1C(=O)O. The van der Waals surface area contributed by atoms with E-state index in [-0.39, 0.29) is 6.04 Å². The quantitative estimate of drug-likeness (QED) is 0.901. The number of ether oxygens (including phenoxy) is 1. The van der Waals surface area contributed by atoms with Crippen molar-refractivity contribution in [2.75, 3.05) is 18.0 Å². The van der Waals surface area contributed by atoms with Crippen LogP contribution in [0.15, 0.2) is 24.3 Å². The number of aliphatic carboxylic acids is 1. The summed E-state index contributed by atoms with van der Waals surface area (Å²) in [4.78, 5) is 27.6. The predicted molar refractivity (Wildman–Crippen MR) is 90.3 cm³/mol. The molecule has 0 radical (unpaired) electrons. The van der Waals surface area contributed by atoms with E-state index >= 15 is 0 Å². The second kappa shape index (κ2) is 6.00. The third-order valence-corrected chi connectivity index (χ3v) is 4.56. The lowest BCUT2D eigenvalue weighted by molar-refractivity contribution is -0.142. The van der Waals surface area contributed by atoms with Crippen molar-refractivity contribution in [1.29, 1.82) is 0 Å². The van der Waals surface area contributed by atoms with Crippen LogP contribution in [0.3, 0.4) is 0 Å². The molecule has 2 atom stereocenters. The third kappa shape index (κ3) is 3.18. The minimum absolute atomic E-state index is 0.00210. The Hall–Kier alpha value is -2.24. The van der Waals surface area contributed by atoms with Crippen molar-refractivity contribution in [3.8, 4) is 0 Å². The van der Waals surface area contributed by atoms with E-state index in [9.17, 15) is 14.7 Å². The van der Waals surface area contributed by atoms with E-state index in [4.69, 9.17) is 4.74 Å². The van der Waals surface area contributed by atoms with Crippen molar-refractivity contribution >= 4 is 17.7 Å². The number of hydrogen-bond donors (Lipinski definition) is 1. The summed E-state index contributed by atoms with van der Waals surface area (Å²) in [5, 5.41) is 9.52. The Balaban J connectivity index is 1.79. The fraction of sp³-hybridized carbons (Fsp3) is 0.556. The highest BCUT2D eigenvalue weighted by atomic mass is 16.6. The Morgan fingerprint density at radius 1 is 1.25 bits per heavy atom. The van der Waals surface area contributed by atoms with Gasteiger partial charge in [0.25, 0.3) is 0 Å². The van der Waals surface area contributed by atoms with Gasteiger partial charge in [-0.25, -0.2) is 9.59 Å². The van der Waals surface area contributed by atoms with Gasteiger partial charge in [0, 0.05) is 31.2 Å². The molecule has 1 aromatic carbocycles. The number of carboxylic acids is 1. The lowest BCUT2D eigenvalue weighted by Gasteiger charge is -2.28. The van der Waals surface area contributed by atoms with Gasteiger partial charge in [-0.3, -0.25) is 4.90 Å². The van der Waals surface area contributed by atoms with E-state index in [1.165, 1.54) is 10.5 Å². The van der Waals surface area contributed by atoms with Crippen LogP contribution in [0, 0.1) is 0 Å². The highest BCUT2D eigenvalue weighted by molar-refractivity contribution is 5.81. The summed E-state index contributed by atoms with van der Waals surface area (Å²) in [6.07, 6.45) is 0.824. The third-order valence-electron chi connectivity index (χ3n) is 4.56. The molecule has 0 spiro atoms. The molecule has 2 aliphatic heterocycles. The lowest BCUT2D eigenvalue weighted by atomic mass is 10.1. The van der Waals surface area contributed by atoms with Crippen LogP contribution in [0.4, 0.5) is 10.5 Å². The van der Waals surface area contributed by atoms with Crippen LogP contribution in [0.2, 0.25) is 0 Å². The number of fused-ring (bicyclic) bond motifs is 1. The largest absolute Gasteiger partial charge is 0.480 e. The molecule has 2 heterocycles. The summed E-state index contributed by atoms with van der Waals surface area (Å²) in [6, 6.07) is 7.34. The van der Waals surface area contributed by atoms with Gasteiger partial charge in [0.1, 0.15) is 11.6 Å². The summed E-state index contributed by atoms with van der Waals surface area (Å²) < 4.78 is 5.39. The molecular weight excluding hydrogens is 308 g/mol. The molecule has 2 aliphatic rings. The maximum absolute atomic E-state index is 12.4. The number of anilines is 1. The summed E-state index contributed by atoms with van der Waals surface area (Å²) in [6.45, 7) is 6.58. The first-order valence-corrected chi connectivity index (χ1v) is 8.33. The van der Waals surface area contributed by atoms with Crippen LogP contribution in [0.25, 0.3) is 0 Å². The summed E-state index contributed by atoms with van der Waals surface area (Å²) in [7, 11) is 0. The molecule has 3 rings (SSSR count). The van der Waals surface area contributed by atoms with Crippen molar-refractivity contribution in [2.45, 2.75) is 51.3 Å². The molecule has 1 aromatic rings. The molecule has 1 fully saturated rings. The van der Waals surface area contributed by atoms with E-state index in [0.717, 1.165) is 18.7 Å². The molecule has 24 heavy (non-hydrogen) atoms. The monoisotopic (exact) mass is 332 g/mol. The zero-order chi connectivity index (χ0) is 17.5. The normalized spacial score (nSPS) is 23.3. The van der Waals surface area contributed by atoms with Crippen LogP contribution < -0.4 is 4.90 Å². The molecule has 0 unspecified atom stereocenters. The van der Waals surface area contributed by atoms with Crippen molar-refractivity contribution in [1.82, 2.24) is 4.90 Å². The smallest absolute Gasteiger partial charge is 0.411 e. The maximum Gasteiger partial charge on any atom is 0.411 e. The average Bonchev–Trinajstić information content (AvgIpc) is 3.09. The van der Waals surface area contributed by atoms with E-state index < -0.39 is 23.7 Å². The molecule has 1 N–H and O–H groups in total. The van der Waals surface area contributed by atoms with Crippen molar-refractivity contribution in [2.24, 2.45) is 0 Å². The molecule has 6 nitrogen and oxygen atoms in total. The predicted octanol–water partition coefficient (Wildman–Crippen LogP) is 2.51. The molecule has 1 saturated heterocycles. The number of carbonyl (C=O) groups is 2. The Kier molecular flexibility index (Phi) is 4.15. The molecule has 0 aromatic heterocycles. The van der Waals surface area contributed by atoms with E-state index in [2.05, 4.69) is 17.0 Å². The number of amides is 1. The maximum atomic E-state index is 12.4. The number of para-hydroxylation sites is 1. The van der Waals surface area contributed by atoms with Gasteiger partial charge < -0.3 is 14.7 Å². The fourth-order valence-electron chi connectivity index (χ4n) is 3.54. The first-order valence-electron chi connectivity index (χ1n) is 8.33. The van der Waals surface area contributed by atoms with Crippen molar-refractivity contribution < 1.29 is 19.4 Å². The minimum Gasteiger partial charge on any atom is -0.480 e. The van der Waals surface area contributed by atoms with Gasteiger partial charge in [-0.15, -0.1) is 0 Å². The van der Waals surface area contributed by atoms with Crippen LogP contribution in [0.1, 0.15) is 32.8 Å². The number of nitrogens with zero attached hydrogens (tertiary/aromatic N) is 2. The van der Waals surface area contributed by atoms with Gasteiger partial charge in [0.2, 0.25) is 0 Å². The van der Waals surface area contributed by atoms with Gasteiger partial charge in [-0.05, 0) is 38.8 Å². The standard InChI is InChI=1S/C18H24N2O4/c1-18(2,3)24-17(23)20-11-13(10-15(20)16(21)22)19-9-8-12-6-4-5-7-14(12)19/h4-7,13,15H,8-11H2,1-3H3,(H,21,22)/t13-,15-/m0/s1. The number of carbonyl (C=O) groups excluding carboxylic acids is 1. The molecule has 0 bridgehead atoms. The second-order valence-corrected chi connectivity index (χ2v) is 7.45. The number of rotatable bonds is 2. The van der Waals surface area contributed by atoms with Gasteiger partial charge in [0.05, 0.1) is 0 Å². The molecule has 0 aliphatic carbocycles. The van der Waals surface area contributed by atoms with Crippen LogP contribution in [-0.4, -0.2) is 52.8 Å². The Labute approximate surface area is 142 Å². The first-order chi connectivity index (χ1) is 11.3. The molecular formula is C18H24N2O4. The molecule has 0 saturated carbocycles. The van der Waals surface area contributed by atoms with Gasteiger partial charge >= 0.3 is 12.1 Å². The number of benzene rings is 1. The highest BCUT2D eigenvalue weighted by Crippen LogP contribution is 2.34. The second-order valence-electron chi connectivity index (χ2n) is 7.45. The van der Waals surface area contributed by atoms with E-state index in [1.54, 1.807) is 20.8 Å². The van der Waals surface area contributed by atoms with E-state index in [1.807, 2.05) is 12.1 Å². The average molecular weight is 332 g/mol. The number of carboxylic acid groups (broad SMARTS) is 1. The summed E-state index contributed by atoms with van der Waals surface area (Å²) in [5.74, 6) is -0.976. The first kappa shape index (κ1) is 16.6. The van der Waals surface area contributed by atoms with Gasteiger partial charge in [-0.1, -0.05) is 18.2 Å². The molecule has 130 valence electrons. The summed E-state index contributed by atoms with van der Waals surface area (Å²) >= 11 is 0. The molecule has 6 heteroatoms. The van der Waals surface area contributed by atoms with Crippen LogP contribution in [-0.2, 0) is 16.0 Å². The zero-order valence-electron chi connectivity index (χ0n) is 14.4. The Bertz CT molecular complexity index is 653. The summed E-state index contributed by atoms with van der Waals surface area (Å²) in [5.41, 5.74) is 1.79. The van der Waals surface area contributed by atoms with Crippen molar-refractivity contribution in [3.05, 3.63) is 29.8 Å². The Morgan fingerprint density at radius 3 is 2.62 bits per heavy atom. The number of hydrogen-bond acceptors (Lipinski definition) is 4. The Morgan fingerprint density at radius 2 is 1.96 bits per heavy atom. The fourth-order valence-corrected chi connectivity index (χ4v) is 3.54. The van der Waals surface area contributed by atoms with Crippen LogP contribution in [0.5, 0.6) is 0 Å². The van der Waals surface area contributed by atoms with Crippen molar-refractivity contribution in [3.63, 3.8) is 0 Å².